The molecule has 0 heterocycles. The summed E-state index contributed by atoms with van der Waals surface area (Å²) in [5.41, 5.74) is 6.06. The zero-order valence-electron chi connectivity index (χ0n) is 11.7. The van der Waals surface area contributed by atoms with Gasteiger partial charge in [-0.3, -0.25) is 4.79 Å². The Hall–Kier alpha value is -1.58. The third kappa shape index (κ3) is 5.73. The first kappa shape index (κ1) is 15.5. The van der Waals surface area contributed by atoms with E-state index in [1.54, 1.807) is 0 Å². The number of rotatable bonds is 7. The molecule has 1 rings (SSSR count). The second-order valence-corrected chi connectivity index (χ2v) is 5.00. The van der Waals surface area contributed by atoms with Crippen molar-refractivity contribution in [3.63, 3.8) is 0 Å². The van der Waals surface area contributed by atoms with E-state index in [4.69, 9.17) is 5.73 Å². The fourth-order valence-electron chi connectivity index (χ4n) is 2.00. The summed E-state index contributed by atoms with van der Waals surface area (Å²) in [6, 6.07) is 3.98. The van der Waals surface area contributed by atoms with Crippen LogP contribution in [0.4, 0.5) is 10.1 Å². The van der Waals surface area contributed by atoms with Crippen molar-refractivity contribution >= 4 is 11.6 Å². The van der Waals surface area contributed by atoms with Crippen LogP contribution in [0.5, 0.6) is 0 Å². The number of hydrogen-bond acceptors (Lipinski definition) is 2. The van der Waals surface area contributed by atoms with Gasteiger partial charge in [-0.25, -0.2) is 4.39 Å². The van der Waals surface area contributed by atoms with E-state index in [9.17, 15) is 9.18 Å². The van der Waals surface area contributed by atoms with Crippen molar-refractivity contribution in [2.24, 2.45) is 0 Å². The number of anilines is 1. The second kappa shape index (κ2) is 7.77. The lowest BCUT2D eigenvalue weighted by Gasteiger charge is -2.14. The molecule has 0 aliphatic heterocycles. The monoisotopic (exact) mass is 266 g/mol. The number of nitrogen functional groups attached to an aromatic ring is 1. The van der Waals surface area contributed by atoms with Crippen molar-refractivity contribution < 1.29 is 9.18 Å². The number of nitrogens with two attached hydrogens (primary N) is 1. The Morgan fingerprint density at radius 1 is 1.32 bits per heavy atom. The molecule has 0 aliphatic carbocycles. The van der Waals surface area contributed by atoms with Crippen LogP contribution in [0.25, 0.3) is 0 Å². The van der Waals surface area contributed by atoms with Crippen LogP contribution in [0, 0.1) is 5.82 Å². The Morgan fingerprint density at radius 3 is 2.68 bits per heavy atom. The molecule has 0 spiro atoms. The molecule has 0 bridgehead atoms. The van der Waals surface area contributed by atoms with Crippen LogP contribution in [0.15, 0.2) is 18.2 Å². The Labute approximate surface area is 114 Å². The number of halogens is 1. The summed E-state index contributed by atoms with van der Waals surface area (Å²) in [7, 11) is 0. The summed E-state index contributed by atoms with van der Waals surface area (Å²) in [6.07, 6.45) is 5.64. The molecular formula is C15H23FN2O. The van der Waals surface area contributed by atoms with E-state index in [0.29, 0.717) is 0 Å². The summed E-state index contributed by atoms with van der Waals surface area (Å²) in [6.45, 7) is 4.13. The maximum atomic E-state index is 13.2. The van der Waals surface area contributed by atoms with Gasteiger partial charge in [-0.05, 0) is 31.5 Å². The summed E-state index contributed by atoms with van der Waals surface area (Å²) in [5, 5.41) is 2.87. The Bertz CT molecular complexity index is 400. The van der Waals surface area contributed by atoms with Gasteiger partial charge in [0.15, 0.2) is 0 Å². The quantitative estimate of drug-likeness (QED) is 0.586. The van der Waals surface area contributed by atoms with Gasteiger partial charge in [0, 0.05) is 17.3 Å². The van der Waals surface area contributed by atoms with Gasteiger partial charge in [0.25, 0.3) is 5.91 Å². The van der Waals surface area contributed by atoms with Crippen molar-refractivity contribution in [2.75, 3.05) is 5.73 Å². The van der Waals surface area contributed by atoms with E-state index in [0.717, 1.165) is 12.8 Å². The van der Waals surface area contributed by atoms with E-state index in [1.165, 1.54) is 37.5 Å². The summed E-state index contributed by atoms with van der Waals surface area (Å²) in [5.74, 6) is -0.755. The van der Waals surface area contributed by atoms with Crippen LogP contribution in [-0.2, 0) is 0 Å². The van der Waals surface area contributed by atoms with Gasteiger partial charge in [0.2, 0.25) is 0 Å². The van der Waals surface area contributed by atoms with E-state index < -0.39 is 5.82 Å². The minimum Gasteiger partial charge on any atom is -0.399 e. The van der Waals surface area contributed by atoms with Gasteiger partial charge in [-0.2, -0.15) is 0 Å². The number of carbonyl (C=O) groups is 1. The molecule has 1 atom stereocenters. The molecule has 1 amide bonds. The van der Waals surface area contributed by atoms with Gasteiger partial charge in [-0.1, -0.05) is 32.6 Å². The van der Waals surface area contributed by atoms with E-state index in [1.807, 2.05) is 6.92 Å². The van der Waals surface area contributed by atoms with Gasteiger partial charge in [0.1, 0.15) is 5.82 Å². The molecule has 0 aliphatic rings. The van der Waals surface area contributed by atoms with Crippen molar-refractivity contribution in [3.05, 3.63) is 29.6 Å². The minimum absolute atomic E-state index is 0.0915. The van der Waals surface area contributed by atoms with Gasteiger partial charge >= 0.3 is 0 Å². The number of carbonyl (C=O) groups excluding carboxylic acids is 1. The van der Waals surface area contributed by atoms with Crippen LogP contribution in [-0.4, -0.2) is 11.9 Å². The van der Waals surface area contributed by atoms with Gasteiger partial charge in [0.05, 0.1) is 0 Å². The molecule has 0 radical (unpaired) electrons. The fraction of sp³-hybridized carbons (Fsp3) is 0.533. The van der Waals surface area contributed by atoms with Gasteiger partial charge in [-0.15, -0.1) is 0 Å². The average Bonchev–Trinajstić information content (AvgIpc) is 2.33. The first-order valence-electron chi connectivity index (χ1n) is 6.90. The lowest BCUT2D eigenvalue weighted by atomic mass is 10.1. The first-order chi connectivity index (χ1) is 9.02. The zero-order chi connectivity index (χ0) is 14.3. The molecular weight excluding hydrogens is 243 g/mol. The van der Waals surface area contributed by atoms with Crippen LogP contribution in [0.1, 0.15) is 56.3 Å². The van der Waals surface area contributed by atoms with Crippen LogP contribution >= 0.6 is 0 Å². The molecule has 1 unspecified atom stereocenters. The van der Waals surface area contributed by atoms with Crippen molar-refractivity contribution in [3.8, 4) is 0 Å². The Balaban J connectivity index is 2.45. The SMILES string of the molecule is CCCCCCC(C)NC(=O)c1cc(N)cc(F)c1. The molecule has 0 fully saturated rings. The van der Waals surface area contributed by atoms with Crippen molar-refractivity contribution in [2.45, 2.75) is 52.0 Å². The summed E-state index contributed by atoms with van der Waals surface area (Å²) >= 11 is 0. The molecule has 3 nitrogen and oxygen atoms in total. The largest absolute Gasteiger partial charge is 0.399 e. The highest BCUT2D eigenvalue weighted by Gasteiger charge is 2.11. The standard InChI is InChI=1S/C15H23FN2O/c1-3-4-5-6-7-11(2)18-15(19)12-8-13(16)10-14(17)9-12/h8-11H,3-7,17H2,1-2H3,(H,18,19). The Kier molecular flexibility index (Phi) is 6.33. The number of amides is 1. The summed E-state index contributed by atoms with van der Waals surface area (Å²) < 4.78 is 13.2. The maximum absolute atomic E-state index is 13.2. The minimum atomic E-state index is -0.485. The van der Waals surface area contributed by atoms with E-state index >= 15 is 0 Å². The maximum Gasteiger partial charge on any atom is 0.251 e. The Morgan fingerprint density at radius 2 is 2.05 bits per heavy atom. The molecule has 0 aromatic heterocycles. The summed E-state index contributed by atoms with van der Waals surface area (Å²) in [4.78, 5) is 11.9. The number of hydrogen-bond donors (Lipinski definition) is 2. The number of benzene rings is 1. The fourth-order valence-corrected chi connectivity index (χ4v) is 2.00. The molecule has 1 aromatic rings. The highest BCUT2D eigenvalue weighted by atomic mass is 19.1. The highest BCUT2D eigenvalue weighted by molar-refractivity contribution is 5.95. The lowest BCUT2D eigenvalue weighted by molar-refractivity contribution is 0.0937. The lowest BCUT2D eigenvalue weighted by Crippen LogP contribution is -2.32. The second-order valence-electron chi connectivity index (χ2n) is 5.00. The van der Waals surface area contributed by atoms with E-state index in [2.05, 4.69) is 12.2 Å². The molecule has 3 N–H and O–H groups in total. The topological polar surface area (TPSA) is 55.1 Å². The smallest absolute Gasteiger partial charge is 0.251 e. The average molecular weight is 266 g/mol. The molecule has 1 aromatic carbocycles. The predicted molar refractivity (Wildman–Crippen MR) is 76.5 cm³/mol. The van der Waals surface area contributed by atoms with Crippen LogP contribution in [0.2, 0.25) is 0 Å². The molecule has 4 heteroatoms. The molecule has 19 heavy (non-hydrogen) atoms. The molecule has 0 saturated heterocycles. The number of unbranched alkanes of at least 4 members (excludes halogenated alkanes) is 3. The first-order valence-corrected chi connectivity index (χ1v) is 6.90. The third-order valence-corrected chi connectivity index (χ3v) is 3.05. The number of nitrogens with one attached hydrogen (secondary N) is 1. The van der Waals surface area contributed by atoms with Crippen LogP contribution in [0.3, 0.4) is 0 Å². The molecule has 0 saturated carbocycles. The normalized spacial score (nSPS) is 12.2. The van der Waals surface area contributed by atoms with Crippen molar-refractivity contribution in [1.29, 1.82) is 0 Å². The van der Waals surface area contributed by atoms with Gasteiger partial charge < -0.3 is 11.1 Å². The highest BCUT2D eigenvalue weighted by Crippen LogP contribution is 2.11. The third-order valence-electron chi connectivity index (χ3n) is 3.05. The molecule has 106 valence electrons. The zero-order valence-corrected chi connectivity index (χ0v) is 11.7. The van der Waals surface area contributed by atoms with Crippen LogP contribution < -0.4 is 11.1 Å². The predicted octanol–water partition coefficient (Wildman–Crippen LogP) is 3.50. The van der Waals surface area contributed by atoms with E-state index in [-0.39, 0.29) is 23.2 Å². The van der Waals surface area contributed by atoms with Crippen molar-refractivity contribution in [1.82, 2.24) is 5.32 Å².